The molecule has 1 aliphatic heterocycles. The number of rotatable bonds is 4. The second-order valence-electron chi connectivity index (χ2n) is 6.28. The summed E-state index contributed by atoms with van der Waals surface area (Å²) in [6.07, 6.45) is 0. The number of ether oxygens (including phenoxy) is 1. The molecule has 9 heteroatoms. The van der Waals surface area contributed by atoms with Gasteiger partial charge < -0.3 is 15.5 Å². The Bertz CT molecular complexity index is 991. The molecule has 2 atom stereocenters. The maximum atomic E-state index is 13.1. The van der Waals surface area contributed by atoms with Crippen molar-refractivity contribution in [3.8, 4) is 5.75 Å². The molecule has 0 spiro atoms. The van der Waals surface area contributed by atoms with Crippen molar-refractivity contribution in [3.63, 3.8) is 0 Å². The predicted molar refractivity (Wildman–Crippen MR) is 105 cm³/mol. The molecule has 2 heterocycles. The SMILES string of the molecule is COc1ccc([C@@H]2Nn3c(C)nnc3S[C@@H]2C(=O)Nc2ccc(F)cc2)cc1. The minimum Gasteiger partial charge on any atom is -0.497 e. The number of benzene rings is 2. The monoisotopic (exact) mass is 399 g/mol. The van der Waals surface area contributed by atoms with Gasteiger partial charge in [0.2, 0.25) is 11.1 Å². The number of nitrogens with zero attached hydrogens (tertiary/aromatic N) is 3. The maximum absolute atomic E-state index is 13.1. The van der Waals surface area contributed by atoms with Gasteiger partial charge in [0.05, 0.1) is 13.2 Å². The Labute approximate surface area is 165 Å². The highest BCUT2D eigenvalue weighted by atomic mass is 32.2. The Morgan fingerprint density at radius 3 is 2.57 bits per heavy atom. The summed E-state index contributed by atoms with van der Waals surface area (Å²) in [5.74, 6) is 0.877. The van der Waals surface area contributed by atoms with Gasteiger partial charge in [0, 0.05) is 5.69 Å². The van der Waals surface area contributed by atoms with Crippen molar-refractivity contribution < 1.29 is 13.9 Å². The van der Waals surface area contributed by atoms with Crippen molar-refractivity contribution in [3.05, 3.63) is 65.7 Å². The summed E-state index contributed by atoms with van der Waals surface area (Å²) >= 11 is 1.33. The number of fused-ring (bicyclic) bond motifs is 1. The molecular formula is C19H18FN5O2S. The maximum Gasteiger partial charge on any atom is 0.240 e. The first-order valence-electron chi connectivity index (χ1n) is 8.61. The number of carbonyl (C=O) groups excluding carboxylic acids is 1. The van der Waals surface area contributed by atoms with E-state index in [2.05, 4.69) is 20.9 Å². The third-order valence-corrected chi connectivity index (χ3v) is 5.66. The van der Waals surface area contributed by atoms with Crippen molar-refractivity contribution in [1.82, 2.24) is 14.9 Å². The number of hydrogen-bond donors (Lipinski definition) is 2. The highest BCUT2D eigenvalue weighted by Crippen LogP contribution is 2.37. The number of carbonyl (C=O) groups is 1. The molecule has 2 aromatic carbocycles. The van der Waals surface area contributed by atoms with Gasteiger partial charge >= 0.3 is 0 Å². The van der Waals surface area contributed by atoms with Crippen molar-refractivity contribution in [1.29, 1.82) is 0 Å². The molecule has 0 unspecified atom stereocenters. The van der Waals surface area contributed by atoms with Gasteiger partial charge in [-0.2, -0.15) is 0 Å². The van der Waals surface area contributed by atoms with Crippen molar-refractivity contribution in [2.75, 3.05) is 17.9 Å². The van der Waals surface area contributed by atoms with E-state index in [1.165, 1.54) is 36.0 Å². The van der Waals surface area contributed by atoms with Crippen LogP contribution in [0.5, 0.6) is 5.75 Å². The number of thioether (sulfide) groups is 1. The van der Waals surface area contributed by atoms with Gasteiger partial charge in [-0.25, -0.2) is 9.07 Å². The number of anilines is 1. The number of aromatic nitrogens is 3. The second kappa shape index (κ2) is 7.51. The molecule has 0 saturated carbocycles. The lowest BCUT2D eigenvalue weighted by Gasteiger charge is -2.32. The Kier molecular flexibility index (Phi) is 4.91. The highest BCUT2D eigenvalue weighted by Gasteiger charge is 2.37. The van der Waals surface area contributed by atoms with Crippen LogP contribution in [0.2, 0.25) is 0 Å². The molecule has 4 rings (SSSR count). The van der Waals surface area contributed by atoms with Gasteiger partial charge in [0.15, 0.2) is 0 Å². The number of hydrogen-bond acceptors (Lipinski definition) is 6. The van der Waals surface area contributed by atoms with E-state index < -0.39 is 5.25 Å². The predicted octanol–water partition coefficient (Wildman–Crippen LogP) is 3.13. The zero-order valence-electron chi connectivity index (χ0n) is 15.2. The fourth-order valence-electron chi connectivity index (χ4n) is 2.97. The van der Waals surface area contributed by atoms with Crippen LogP contribution in [0, 0.1) is 12.7 Å². The fourth-order valence-corrected chi connectivity index (χ4v) is 4.09. The third-order valence-electron chi connectivity index (χ3n) is 4.44. The van der Waals surface area contributed by atoms with E-state index in [-0.39, 0.29) is 17.8 Å². The molecule has 7 nitrogen and oxygen atoms in total. The summed E-state index contributed by atoms with van der Waals surface area (Å²) in [6, 6.07) is 12.9. The highest BCUT2D eigenvalue weighted by molar-refractivity contribution is 8.00. The molecule has 3 aromatic rings. The first-order valence-corrected chi connectivity index (χ1v) is 9.49. The Balaban J connectivity index is 1.64. The van der Waals surface area contributed by atoms with E-state index >= 15 is 0 Å². The van der Waals surface area contributed by atoms with Crippen LogP contribution >= 0.6 is 11.8 Å². The summed E-state index contributed by atoms with van der Waals surface area (Å²) in [6.45, 7) is 1.84. The van der Waals surface area contributed by atoms with Gasteiger partial charge in [-0.05, 0) is 48.9 Å². The van der Waals surface area contributed by atoms with Crippen LogP contribution in [0.15, 0.2) is 53.7 Å². The summed E-state index contributed by atoms with van der Waals surface area (Å²) in [5.41, 5.74) is 4.79. The van der Waals surface area contributed by atoms with E-state index in [0.29, 0.717) is 16.7 Å². The molecule has 2 N–H and O–H groups in total. The van der Waals surface area contributed by atoms with E-state index in [9.17, 15) is 9.18 Å². The first kappa shape index (κ1) is 18.3. The van der Waals surface area contributed by atoms with E-state index in [0.717, 1.165) is 11.3 Å². The number of methoxy groups -OCH3 is 1. The lowest BCUT2D eigenvalue weighted by Crippen LogP contribution is -2.41. The topological polar surface area (TPSA) is 81.1 Å². The quantitative estimate of drug-likeness (QED) is 0.702. The average molecular weight is 399 g/mol. The number of amides is 1. The van der Waals surface area contributed by atoms with Gasteiger partial charge in [-0.15, -0.1) is 10.2 Å². The molecule has 28 heavy (non-hydrogen) atoms. The van der Waals surface area contributed by atoms with Crippen LogP contribution in [-0.2, 0) is 4.79 Å². The smallest absolute Gasteiger partial charge is 0.240 e. The molecular weight excluding hydrogens is 381 g/mol. The van der Waals surface area contributed by atoms with Crippen LogP contribution in [0.25, 0.3) is 0 Å². The first-order chi connectivity index (χ1) is 13.5. The van der Waals surface area contributed by atoms with Crippen molar-refractivity contribution in [2.45, 2.75) is 23.4 Å². The lowest BCUT2D eigenvalue weighted by molar-refractivity contribution is -0.116. The van der Waals surface area contributed by atoms with Gasteiger partial charge in [-0.3, -0.25) is 4.79 Å². The minimum absolute atomic E-state index is 0.211. The van der Waals surface area contributed by atoms with Gasteiger partial charge in [-0.1, -0.05) is 23.9 Å². The molecule has 1 aliphatic rings. The Morgan fingerprint density at radius 2 is 1.89 bits per heavy atom. The van der Waals surface area contributed by atoms with Crippen LogP contribution in [0.4, 0.5) is 10.1 Å². The molecule has 0 aliphatic carbocycles. The molecule has 0 fully saturated rings. The molecule has 1 aromatic heterocycles. The zero-order chi connectivity index (χ0) is 19.7. The van der Waals surface area contributed by atoms with Gasteiger partial charge in [0.1, 0.15) is 22.6 Å². The van der Waals surface area contributed by atoms with Crippen LogP contribution in [-0.4, -0.2) is 33.1 Å². The lowest BCUT2D eigenvalue weighted by atomic mass is 10.0. The second-order valence-corrected chi connectivity index (χ2v) is 7.39. The number of nitrogens with one attached hydrogen (secondary N) is 2. The van der Waals surface area contributed by atoms with Crippen LogP contribution in [0.3, 0.4) is 0 Å². The van der Waals surface area contributed by atoms with Gasteiger partial charge in [0.25, 0.3) is 0 Å². The largest absolute Gasteiger partial charge is 0.497 e. The molecule has 0 radical (unpaired) electrons. The summed E-state index contributed by atoms with van der Waals surface area (Å²) in [4.78, 5) is 13.0. The summed E-state index contributed by atoms with van der Waals surface area (Å²) in [7, 11) is 1.61. The fraction of sp³-hybridized carbons (Fsp3) is 0.211. The number of halogens is 1. The molecule has 0 saturated heterocycles. The summed E-state index contributed by atoms with van der Waals surface area (Å²) < 4.78 is 20.1. The number of aryl methyl sites for hydroxylation is 1. The van der Waals surface area contributed by atoms with E-state index in [4.69, 9.17) is 4.74 Å². The van der Waals surface area contributed by atoms with E-state index in [1.807, 2.05) is 31.2 Å². The Morgan fingerprint density at radius 1 is 1.18 bits per heavy atom. The van der Waals surface area contributed by atoms with Crippen molar-refractivity contribution >= 4 is 23.4 Å². The molecule has 1 amide bonds. The normalized spacial score (nSPS) is 18.1. The third kappa shape index (κ3) is 3.53. The summed E-state index contributed by atoms with van der Waals surface area (Å²) in [5, 5.41) is 11.2. The van der Waals surface area contributed by atoms with Crippen LogP contribution in [0.1, 0.15) is 17.4 Å². The minimum atomic E-state index is -0.505. The molecule has 0 bridgehead atoms. The van der Waals surface area contributed by atoms with Crippen LogP contribution < -0.4 is 15.5 Å². The Hall–Kier alpha value is -3.07. The standard InChI is InChI=1S/C19H18FN5O2S/c1-11-22-23-19-25(11)24-16(12-3-9-15(27-2)10-4-12)17(28-19)18(26)21-14-7-5-13(20)6-8-14/h3-10,16-17,24H,1-2H3,(H,21,26)/t16-,17-/m0/s1. The van der Waals surface area contributed by atoms with E-state index in [1.54, 1.807) is 11.8 Å². The van der Waals surface area contributed by atoms with Crippen molar-refractivity contribution in [2.24, 2.45) is 0 Å². The zero-order valence-corrected chi connectivity index (χ0v) is 16.0. The average Bonchev–Trinajstić information content (AvgIpc) is 3.09. The molecule has 144 valence electrons.